The lowest BCUT2D eigenvalue weighted by atomic mass is 10.0. The second-order valence-electron chi connectivity index (χ2n) is 4.49. The molecule has 0 amide bonds. The van der Waals surface area contributed by atoms with Gasteiger partial charge in [-0.25, -0.2) is 0 Å². The monoisotopic (exact) mass is 263 g/mol. The molecule has 0 atom stereocenters. The molecule has 1 aromatic heterocycles. The first-order valence-corrected chi connectivity index (χ1v) is 6.42. The van der Waals surface area contributed by atoms with E-state index in [-0.39, 0.29) is 5.69 Å². The fourth-order valence-electron chi connectivity index (χ4n) is 1.91. The summed E-state index contributed by atoms with van der Waals surface area (Å²) in [5.74, 6) is 0.573. The first-order valence-electron chi connectivity index (χ1n) is 6.42. The van der Waals surface area contributed by atoms with Crippen molar-refractivity contribution in [3.05, 3.63) is 28.3 Å². The van der Waals surface area contributed by atoms with Crippen molar-refractivity contribution in [2.24, 2.45) is 5.92 Å². The van der Waals surface area contributed by atoms with E-state index in [1.807, 2.05) is 0 Å². The number of nitro groups is 1. The third kappa shape index (κ3) is 3.01. The lowest BCUT2D eigenvalue weighted by molar-refractivity contribution is -0.384. The fraction of sp³-hybridized carbons (Fsp3) is 0.462. The van der Waals surface area contributed by atoms with Crippen molar-refractivity contribution in [1.82, 2.24) is 4.98 Å². The summed E-state index contributed by atoms with van der Waals surface area (Å²) in [6, 6.07) is 4.83. The topological polar surface area (TPSA) is 81.2 Å². The van der Waals surface area contributed by atoms with Crippen LogP contribution < -0.4 is 5.32 Å². The molecule has 0 radical (unpaired) electrons. The van der Waals surface area contributed by atoms with Gasteiger partial charge in [0.1, 0.15) is 5.52 Å². The molecule has 0 unspecified atom stereocenters. The first-order chi connectivity index (χ1) is 9.13. The van der Waals surface area contributed by atoms with Gasteiger partial charge in [-0.3, -0.25) is 10.1 Å². The molecule has 6 heteroatoms. The maximum absolute atomic E-state index is 10.7. The van der Waals surface area contributed by atoms with Crippen molar-refractivity contribution in [1.29, 1.82) is 0 Å². The highest BCUT2D eigenvalue weighted by molar-refractivity contribution is 5.77. The van der Waals surface area contributed by atoms with Gasteiger partial charge in [0.25, 0.3) is 11.7 Å². The zero-order chi connectivity index (χ0) is 13.8. The van der Waals surface area contributed by atoms with Crippen molar-refractivity contribution in [3.63, 3.8) is 0 Å². The van der Waals surface area contributed by atoms with Crippen molar-refractivity contribution >= 4 is 22.8 Å². The van der Waals surface area contributed by atoms with Gasteiger partial charge in [0.05, 0.1) is 11.0 Å². The van der Waals surface area contributed by atoms with E-state index in [9.17, 15) is 10.1 Å². The number of aromatic nitrogens is 1. The number of anilines is 1. The molecule has 6 nitrogen and oxygen atoms in total. The number of hydrogen-bond donors (Lipinski definition) is 1. The summed E-state index contributed by atoms with van der Waals surface area (Å²) in [4.78, 5) is 14.5. The Kier molecular flexibility index (Phi) is 3.99. The molecule has 2 aromatic rings. The quantitative estimate of drug-likeness (QED) is 0.636. The molecule has 0 saturated heterocycles. The predicted octanol–water partition coefficient (Wildman–Crippen LogP) is 3.58. The largest absolute Gasteiger partial charge is 0.423 e. The number of benzene rings is 1. The van der Waals surface area contributed by atoms with Crippen molar-refractivity contribution < 1.29 is 9.34 Å². The van der Waals surface area contributed by atoms with E-state index < -0.39 is 4.92 Å². The average molecular weight is 263 g/mol. The summed E-state index contributed by atoms with van der Waals surface area (Å²) in [6.07, 6.45) is 2.18. The molecule has 0 aliphatic rings. The molecular formula is C13H17N3O3. The van der Waals surface area contributed by atoms with Crippen molar-refractivity contribution in [2.45, 2.75) is 26.7 Å². The molecule has 19 heavy (non-hydrogen) atoms. The van der Waals surface area contributed by atoms with Crippen LogP contribution in [0, 0.1) is 16.0 Å². The third-order valence-electron chi connectivity index (χ3n) is 3.28. The number of hydrogen-bond acceptors (Lipinski definition) is 5. The van der Waals surface area contributed by atoms with Crippen LogP contribution in [0.1, 0.15) is 26.7 Å². The third-order valence-corrected chi connectivity index (χ3v) is 3.28. The highest BCUT2D eigenvalue weighted by Crippen LogP contribution is 2.23. The Labute approximate surface area is 111 Å². The molecule has 1 N–H and O–H groups in total. The molecular weight excluding hydrogens is 246 g/mol. The standard InChI is InChI=1S/C13H17N3O3/c1-3-9(4-2)8-14-13-15-11-6-5-10(16(17)18)7-12(11)19-13/h5-7,9H,3-4,8H2,1-2H3,(H,14,15). The molecule has 2 rings (SSSR count). The second-order valence-corrected chi connectivity index (χ2v) is 4.49. The lowest BCUT2D eigenvalue weighted by Gasteiger charge is -2.11. The summed E-state index contributed by atoms with van der Waals surface area (Å²) < 4.78 is 5.47. The maximum Gasteiger partial charge on any atom is 0.295 e. The van der Waals surface area contributed by atoms with Gasteiger partial charge in [-0.2, -0.15) is 4.98 Å². The highest BCUT2D eigenvalue weighted by atomic mass is 16.6. The lowest BCUT2D eigenvalue weighted by Crippen LogP contribution is -2.12. The number of non-ortho nitro benzene ring substituents is 1. The van der Waals surface area contributed by atoms with Gasteiger partial charge >= 0.3 is 0 Å². The summed E-state index contributed by atoms with van der Waals surface area (Å²) in [7, 11) is 0. The molecule has 0 saturated carbocycles. The van der Waals surface area contributed by atoms with Gasteiger partial charge in [-0.1, -0.05) is 26.7 Å². The van der Waals surface area contributed by atoms with E-state index in [1.165, 1.54) is 12.1 Å². The molecule has 0 aliphatic carbocycles. The minimum atomic E-state index is -0.445. The maximum atomic E-state index is 10.7. The SMILES string of the molecule is CCC(CC)CNc1nc2ccc([N+](=O)[O-])cc2o1. The molecule has 1 heterocycles. The zero-order valence-corrected chi connectivity index (χ0v) is 11.0. The Balaban J connectivity index is 2.15. The van der Waals surface area contributed by atoms with Gasteiger partial charge in [0.15, 0.2) is 5.58 Å². The number of nitrogens with one attached hydrogen (secondary N) is 1. The number of oxazole rings is 1. The van der Waals surface area contributed by atoms with Crippen molar-refractivity contribution in [2.75, 3.05) is 11.9 Å². The summed E-state index contributed by atoms with van der Waals surface area (Å²) in [6.45, 7) is 5.08. The number of rotatable bonds is 6. The zero-order valence-electron chi connectivity index (χ0n) is 11.0. The van der Waals surface area contributed by atoms with E-state index >= 15 is 0 Å². The average Bonchev–Trinajstić information content (AvgIpc) is 2.81. The number of nitrogens with zero attached hydrogens (tertiary/aromatic N) is 2. The van der Waals surface area contributed by atoms with E-state index in [4.69, 9.17) is 4.42 Å². The van der Waals surface area contributed by atoms with Crippen molar-refractivity contribution in [3.8, 4) is 0 Å². The highest BCUT2D eigenvalue weighted by Gasteiger charge is 2.12. The molecule has 0 bridgehead atoms. The van der Waals surface area contributed by atoms with Gasteiger partial charge in [-0.05, 0) is 12.0 Å². The van der Waals surface area contributed by atoms with E-state index in [0.29, 0.717) is 23.0 Å². The first kappa shape index (κ1) is 13.3. The summed E-state index contributed by atoms with van der Waals surface area (Å²) in [5.41, 5.74) is 1.06. The minimum absolute atomic E-state index is 0.00944. The minimum Gasteiger partial charge on any atom is -0.423 e. The second kappa shape index (κ2) is 5.69. The number of nitro benzene ring substituents is 1. The van der Waals surface area contributed by atoms with E-state index in [1.54, 1.807) is 6.07 Å². The molecule has 0 aliphatic heterocycles. The van der Waals surface area contributed by atoms with Crippen LogP contribution in [0.25, 0.3) is 11.1 Å². The Morgan fingerprint density at radius 2 is 2.16 bits per heavy atom. The van der Waals surface area contributed by atoms with Crippen LogP contribution in [-0.2, 0) is 0 Å². The van der Waals surface area contributed by atoms with Crippen LogP contribution in [-0.4, -0.2) is 16.5 Å². The fourth-order valence-corrected chi connectivity index (χ4v) is 1.91. The van der Waals surface area contributed by atoms with Crippen LogP contribution >= 0.6 is 0 Å². The van der Waals surface area contributed by atoms with E-state index in [2.05, 4.69) is 24.1 Å². The number of fused-ring (bicyclic) bond motifs is 1. The van der Waals surface area contributed by atoms with Gasteiger partial charge in [-0.15, -0.1) is 0 Å². The van der Waals surface area contributed by atoms with Crippen LogP contribution in [0.4, 0.5) is 11.7 Å². The molecule has 1 aromatic carbocycles. The Morgan fingerprint density at radius 3 is 2.79 bits per heavy atom. The Morgan fingerprint density at radius 1 is 1.42 bits per heavy atom. The van der Waals surface area contributed by atoms with Crippen LogP contribution in [0.5, 0.6) is 0 Å². The molecule has 0 fully saturated rings. The van der Waals surface area contributed by atoms with Gasteiger partial charge in [0, 0.05) is 12.6 Å². The smallest absolute Gasteiger partial charge is 0.295 e. The van der Waals surface area contributed by atoms with Crippen LogP contribution in [0.3, 0.4) is 0 Å². The Hall–Kier alpha value is -2.11. The van der Waals surface area contributed by atoms with Crippen LogP contribution in [0.2, 0.25) is 0 Å². The van der Waals surface area contributed by atoms with Gasteiger partial charge in [0.2, 0.25) is 0 Å². The molecule has 102 valence electrons. The van der Waals surface area contributed by atoms with Crippen LogP contribution in [0.15, 0.2) is 22.6 Å². The summed E-state index contributed by atoms with van der Waals surface area (Å²) >= 11 is 0. The summed E-state index contributed by atoms with van der Waals surface area (Å²) in [5, 5.41) is 13.8. The Bertz CT molecular complexity index is 576. The van der Waals surface area contributed by atoms with Gasteiger partial charge < -0.3 is 9.73 Å². The van der Waals surface area contributed by atoms with E-state index in [0.717, 1.165) is 19.4 Å². The molecule has 0 spiro atoms. The predicted molar refractivity (Wildman–Crippen MR) is 73.2 cm³/mol. The normalized spacial score (nSPS) is 11.1.